The van der Waals surface area contributed by atoms with E-state index >= 15 is 0 Å². The number of rotatable bonds is 4. The summed E-state index contributed by atoms with van der Waals surface area (Å²) in [7, 11) is 1.51. The number of benzene rings is 3. The molecule has 4 aromatic rings. The summed E-state index contributed by atoms with van der Waals surface area (Å²) in [6, 6.07) is 26.0. The minimum atomic E-state index is -0.756. The molecule has 8 heteroatoms. The molecule has 1 aliphatic heterocycles. The fourth-order valence-electron chi connectivity index (χ4n) is 3.96. The van der Waals surface area contributed by atoms with E-state index < -0.39 is 23.0 Å². The van der Waals surface area contributed by atoms with E-state index in [9.17, 15) is 19.5 Å². The fraction of sp³-hybridized carbons (Fsp3) is 0.0370. The topological polar surface area (TPSA) is 96.9 Å². The Labute approximate surface area is 199 Å². The van der Waals surface area contributed by atoms with Crippen molar-refractivity contribution in [2.45, 2.75) is 0 Å². The summed E-state index contributed by atoms with van der Waals surface area (Å²) >= 11 is 0. The lowest BCUT2D eigenvalue weighted by atomic mass is 10.0. The maximum Gasteiger partial charge on any atom is 0.343 e. The Morgan fingerprint density at radius 1 is 0.743 bits per heavy atom. The minimum absolute atomic E-state index is 0.129. The number of para-hydroxylation sites is 2. The van der Waals surface area contributed by atoms with Gasteiger partial charge in [0.05, 0.1) is 16.9 Å². The van der Waals surface area contributed by atoms with Crippen molar-refractivity contribution < 1.29 is 9.90 Å². The lowest BCUT2D eigenvalue weighted by molar-refractivity contribution is -0.124. The van der Waals surface area contributed by atoms with Crippen LogP contribution in [0, 0.1) is 0 Å². The van der Waals surface area contributed by atoms with Crippen molar-refractivity contribution in [1.29, 1.82) is 0 Å². The number of hydrogen-bond acceptors (Lipinski definition) is 5. The summed E-state index contributed by atoms with van der Waals surface area (Å²) in [5, 5.41) is 16.7. The molecule has 0 bridgehead atoms. The first-order valence-electron chi connectivity index (χ1n) is 10.8. The van der Waals surface area contributed by atoms with Crippen molar-refractivity contribution in [3.63, 3.8) is 0 Å². The zero-order valence-corrected chi connectivity index (χ0v) is 18.7. The predicted octanol–water partition coefficient (Wildman–Crippen LogP) is 2.95. The Bertz CT molecular complexity index is 1600. The van der Waals surface area contributed by atoms with Gasteiger partial charge in [-0.3, -0.25) is 9.59 Å². The summed E-state index contributed by atoms with van der Waals surface area (Å²) in [5.41, 5.74) is 0.164. The molecule has 1 aliphatic rings. The number of nitrogens with zero attached hydrogens (tertiary/aromatic N) is 4. The van der Waals surface area contributed by atoms with Crippen LogP contribution in [0.15, 0.2) is 111 Å². The molecule has 0 aliphatic carbocycles. The van der Waals surface area contributed by atoms with Gasteiger partial charge in [-0.15, -0.1) is 0 Å². The molecule has 1 N–H and O–H groups in total. The Hall–Kier alpha value is -4.98. The number of hydrogen-bond donors (Lipinski definition) is 1. The molecule has 8 nitrogen and oxygen atoms in total. The van der Waals surface area contributed by atoms with E-state index in [0.717, 1.165) is 9.13 Å². The monoisotopic (exact) mass is 464 g/mol. The maximum absolute atomic E-state index is 13.6. The number of amides is 1. The molecule has 0 radical (unpaired) electrons. The zero-order valence-electron chi connectivity index (χ0n) is 18.7. The van der Waals surface area contributed by atoms with Gasteiger partial charge in [0, 0.05) is 12.6 Å². The highest BCUT2D eigenvalue weighted by molar-refractivity contribution is 6.33. The highest BCUT2D eigenvalue weighted by atomic mass is 16.3. The van der Waals surface area contributed by atoms with Crippen LogP contribution in [0.2, 0.25) is 0 Å². The first kappa shape index (κ1) is 21.8. The first-order valence-corrected chi connectivity index (χ1v) is 10.8. The molecule has 0 fully saturated rings. The van der Waals surface area contributed by atoms with Crippen LogP contribution in [-0.2, 0) is 4.79 Å². The van der Waals surface area contributed by atoms with Crippen molar-refractivity contribution in [3.05, 3.63) is 129 Å². The van der Waals surface area contributed by atoms with E-state index in [1.165, 1.54) is 18.1 Å². The van der Waals surface area contributed by atoms with Crippen LogP contribution in [0.25, 0.3) is 17.5 Å². The quantitative estimate of drug-likeness (QED) is 0.470. The van der Waals surface area contributed by atoms with Gasteiger partial charge >= 0.3 is 5.69 Å². The van der Waals surface area contributed by atoms with Crippen molar-refractivity contribution >= 4 is 17.7 Å². The molecule has 0 spiro atoms. The van der Waals surface area contributed by atoms with Gasteiger partial charge < -0.3 is 5.11 Å². The van der Waals surface area contributed by atoms with Gasteiger partial charge in [0.2, 0.25) is 5.88 Å². The summed E-state index contributed by atoms with van der Waals surface area (Å²) < 4.78 is 2.02. The minimum Gasteiger partial charge on any atom is -0.494 e. The van der Waals surface area contributed by atoms with Crippen molar-refractivity contribution in [1.82, 2.24) is 14.1 Å². The molecular weight excluding hydrogens is 444 g/mol. The van der Waals surface area contributed by atoms with Gasteiger partial charge in [0.25, 0.3) is 11.5 Å². The van der Waals surface area contributed by atoms with Gasteiger partial charge in [-0.1, -0.05) is 66.7 Å². The van der Waals surface area contributed by atoms with Crippen LogP contribution in [-0.4, -0.2) is 37.9 Å². The van der Waals surface area contributed by atoms with Crippen molar-refractivity contribution in [2.75, 3.05) is 7.05 Å². The molecule has 172 valence electrons. The number of aromatic hydroxyl groups is 1. The summed E-state index contributed by atoms with van der Waals surface area (Å²) in [5.74, 6) is -1.01. The second-order valence-electron chi connectivity index (χ2n) is 7.87. The third kappa shape index (κ3) is 3.76. The number of aromatic nitrogens is 2. The highest BCUT2D eigenvalue weighted by Crippen LogP contribution is 2.25. The van der Waals surface area contributed by atoms with Gasteiger partial charge in [0.1, 0.15) is 11.3 Å². The van der Waals surface area contributed by atoms with Crippen molar-refractivity contribution in [2.24, 2.45) is 5.10 Å². The third-order valence-corrected chi connectivity index (χ3v) is 5.66. The Kier molecular flexibility index (Phi) is 5.46. The maximum atomic E-state index is 13.6. The Morgan fingerprint density at radius 3 is 1.83 bits per heavy atom. The number of hydrazone groups is 1. The van der Waals surface area contributed by atoms with E-state index in [1.54, 1.807) is 72.8 Å². The molecule has 2 heterocycles. The Balaban J connectivity index is 1.82. The SMILES string of the molecule is CN1N=C(c2ccccc2)/C(=C/c2c(O)n(-c3ccccc3)c(=O)n(-c3ccccc3)c2=O)C1=O. The summed E-state index contributed by atoms with van der Waals surface area (Å²) in [6.45, 7) is 0. The molecule has 3 aromatic carbocycles. The molecule has 0 unspecified atom stereocenters. The molecule has 35 heavy (non-hydrogen) atoms. The first-order chi connectivity index (χ1) is 17.0. The number of carbonyl (C=O) groups is 1. The summed E-state index contributed by atoms with van der Waals surface area (Å²) in [4.78, 5) is 40.0. The van der Waals surface area contributed by atoms with Crippen LogP contribution < -0.4 is 11.2 Å². The fourth-order valence-corrected chi connectivity index (χ4v) is 3.96. The number of likely N-dealkylation sites (N-methyl/N-ethyl adjacent to an activating group) is 1. The molecule has 1 aromatic heterocycles. The van der Waals surface area contributed by atoms with Gasteiger partial charge in [-0.25, -0.2) is 18.9 Å². The van der Waals surface area contributed by atoms with Crippen LogP contribution >= 0.6 is 0 Å². The van der Waals surface area contributed by atoms with Gasteiger partial charge in [-0.05, 0) is 30.3 Å². The average molecular weight is 464 g/mol. The molecule has 0 saturated carbocycles. The van der Waals surface area contributed by atoms with E-state index in [-0.39, 0.29) is 11.1 Å². The molecule has 0 saturated heterocycles. The molecule has 0 atom stereocenters. The van der Waals surface area contributed by atoms with Gasteiger partial charge in [-0.2, -0.15) is 5.10 Å². The largest absolute Gasteiger partial charge is 0.494 e. The Morgan fingerprint density at radius 2 is 1.26 bits per heavy atom. The molecule has 1 amide bonds. The lowest BCUT2D eigenvalue weighted by Gasteiger charge is -2.15. The van der Waals surface area contributed by atoms with Crippen molar-refractivity contribution in [3.8, 4) is 17.3 Å². The number of carbonyl (C=O) groups excluding carboxylic acids is 1. The third-order valence-electron chi connectivity index (χ3n) is 5.66. The van der Waals surface area contributed by atoms with Crippen LogP contribution in [0.5, 0.6) is 5.88 Å². The second-order valence-corrected chi connectivity index (χ2v) is 7.87. The second kappa shape index (κ2) is 8.75. The standard InChI is InChI=1S/C27H20N4O4/c1-29-24(32)21(23(28-29)18-11-5-2-6-12-18)17-22-25(33)30(19-13-7-3-8-14-19)27(35)31(26(22)34)20-15-9-4-10-16-20/h2-17,33H,1H3/b21-17-. The van der Waals surface area contributed by atoms with E-state index in [4.69, 9.17) is 0 Å². The lowest BCUT2D eigenvalue weighted by Crippen LogP contribution is -2.39. The zero-order chi connectivity index (χ0) is 24.5. The van der Waals surface area contributed by atoms with Crippen LogP contribution in [0.1, 0.15) is 11.1 Å². The highest BCUT2D eigenvalue weighted by Gasteiger charge is 2.30. The van der Waals surface area contributed by atoms with E-state index in [1.807, 2.05) is 18.2 Å². The normalized spacial score (nSPS) is 14.4. The van der Waals surface area contributed by atoms with Crippen LogP contribution in [0.3, 0.4) is 0 Å². The van der Waals surface area contributed by atoms with Gasteiger partial charge in [0.15, 0.2) is 0 Å². The summed E-state index contributed by atoms with van der Waals surface area (Å²) in [6.07, 6.45) is 1.30. The predicted molar refractivity (Wildman–Crippen MR) is 133 cm³/mol. The molecular formula is C27H20N4O4. The van der Waals surface area contributed by atoms with E-state index in [2.05, 4.69) is 5.10 Å². The van der Waals surface area contributed by atoms with Crippen LogP contribution in [0.4, 0.5) is 0 Å². The molecule has 5 rings (SSSR count). The average Bonchev–Trinajstić information content (AvgIpc) is 3.17. The smallest absolute Gasteiger partial charge is 0.343 e. The van der Waals surface area contributed by atoms with E-state index in [0.29, 0.717) is 22.6 Å².